The minimum atomic E-state index is -1.82. The first-order valence-electron chi connectivity index (χ1n) is 11.8. The second-order valence-corrected chi connectivity index (χ2v) is 8.76. The largest absolute Gasteiger partial charge is 0.497 e. The number of likely N-dealkylation sites (tertiary alicyclic amines) is 1. The monoisotopic (exact) mass is 469 g/mol. The summed E-state index contributed by atoms with van der Waals surface area (Å²) in [5, 5.41) is 14.8. The molecule has 8 heteroatoms. The Bertz CT molecular complexity index is 878. The lowest BCUT2D eigenvalue weighted by molar-refractivity contribution is -0.159. The summed E-state index contributed by atoms with van der Waals surface area (Å²) in [4.78, 5) is 26.1. The quantitative estimate of drug-likeness (QED) is 0.624. The third-order valence-corrected chi connectivity index (χ3v) is 6.48. The average Bonchev–Trinajstić information content (AvgIpc) is 2.86. The van der Waals surface area contributed by atoms with Crippen LogP contribution in [0, 0.1) is 0 Å². The van der Waals surface area contributed by atoms with Crippen LogP contribution in [-0.2, 0) is 22.7 Å². The summed E-state index contributed by atoms with van der Waals surface area (Å²) >= 11 is 0. The van der Waals surface area contributed by atoms with E-state index in [2.05, 4.69) is 69.3 Å². The van der Waals surface area contributed by atoms with Gasteiger partial charge in [-0.1, -0.05) is 42.5 Å². The fraction of sp³-hybridized carbons (Fsp3) is 0.462. The van der Waals surface area contributed by atoms with E-state index in [1.165, 1.54) is 63.2 Å². The van der Waals surface area contributed by atoms with Gasteiger partial charge >= 0.3 is 11.9 Å². The van der Waals surface area contributed by atoms with Gasteiger partial charge in [-0.3, -0.25) is 14.7 Å². The number of methoxy groups -OCH3 is 1. The Morgan fingerprint density at radius 1 is 0.765 bits per heavy atom. The van der Waals surface area contributed by atoms with Gasteiger partial charge in [0.15, 0.2) is 0 Å². The van der Waals surface area contributed by atoms with Crippen LogP contribution < -0.4 is 4.74 Å². The molecule has 34 heavy (non-hydrogen) atoms. The molecule has 2 heterocycles. The van der Waals surface area contributed by atoms with E-state index in [-0.39, 0.29) is 0 Å². The molecule has 0 amide bonds. The van der Waals surface area contributed by atoms with Gasteiger partial charge in [0, 0.05) is 45.3 Å². The number of benzene rings is 2. The topological polar surface area (TPSA) is 93.5 Å². The van der Waals surface area contributed by atoms with E-state index in [4.69, 9.17) is 24.5 Å². The summed E-state index contributed by atoms with van der Waals surface area (Å²) in [6.07, 6.45) is 2.62. The van der Waals surface area contributed by atoms with Crippen molar-refractivity contribution in [3.8, 4) is 5.75 Å². The van der Waals surface area contributed by atoms with E-state index in [0.29, 0.717) is 0 Å². The van der Waals surface area contributed by atoms with Gasteiger partial charge in [0.1, 0.15) is 5.75 Å². The molecule has 0 spiro atoms. The van der Waals surface area contributed by atoms with Crippen LogP contribution in [0.25, 0.3) is 0 Å². The Kier molecular flexibility index (Phi) is 9.88. The van der Waals surface area contributed by atoms with Crippen molar-refractivity contribution < 1.29 is 24.5 Å². The molecule has 2 aliphatic heterocycles. The van der Waals surface area contributed by atoms with E-state index in [1.54, 1.807) is 7.11 Å². The smallest absolute Gasteiger partial charge is 0.414 e. The van der Waals surface area contributed by atoms with Crippen molar-refractivity contribution in [3.05, 3.63) is 65.7 Å². The Labute approximate surface area is 201 Å². The average molecular weight is 470 g/mol. The van der Waals surface area contributed by atoms with Gasteiger partial charge in [-0.05, 0) is 49.2 Å². The lowest BCUT2D eigenvalue weighted by atomic mass is 10.0. The molecule has 184 valence electrons. The molecule has 0 bridgehead atoms. The predicted molar refractivity (Wildman–Crippen MR) is 130 cm³/mol. The molecule has 2 aromatic rings. The van der Waals surface area contributed by atoms with Crippen molar-refractivity contribution in [2.24, 2.45) is 0 Å². The molecule has 0 unspecified atom stereocenters. The van der Waals surface area contributed by atoms with Gasteiger partial charge in [0.2, 0.25) is 0 Å². The van der Waals surface area contributed by atoms with Crippen molar-refractivity contribution in [2.75, 3.05) is 46.4 Å². The molecule has 4 rings (SSSR count). The molecule has 2 saturated heterocycles. The summed E-state index contributed by atoms with van der Waals surface area (Å²) in [5.41, 5.74) is 2.82. The number of rotatable bonds is 6. The van der Waals surface area contributed by atoms with Crippen molar-refractivity contribution in [1.29, 1.82) is 0 Å². The van der Waals surface area contributed by atoms with Crippen molar-refractivity contribution in [3.63, 3.8) is 0 Å². The Morgan fingerprint density at radius 3 is 1.76 bits per heavy atom. The molecule has 0 aromatic heterocycles. The number of hydrogen-bond donors (Lipinski definition) is 2. The van der Waals surface area contributed by atoms with E-state index >= 15 is 0 Å². The summed E-state index contributed by atoms with van der Waals surface area (Å²) in [7, 11) is 1.72. The van der Waals surface area contributed by atoms with Crippen LogP contribution in [0.5, 0.6) is 5.75 Å². The Balaban J connectivity index is 0.000000481. The van der Waals surface area contributed by atoms with Gasteiger partial charge in [-0.2, -0.15) is 0 Å². The number of ether oxygens (including phenoxy) is 1. The third-order valence-electron chi connectivity index (χ3n) is 6.48. The summed E-state index contributed by atoms with van der Waals surface area (Å²) in [6, 6.07) is 20.2. The fourth-order valence-electron chi connectivity index (χ4n) is 4.56. The number of carbonyl (C=O) groups is 2. The van der Waals surface area contributed by atoms with Crippen LogP contribution in [0.2, 0.25) is 0 Å². The Morgan fingerprint density at radius 2 is 1.26 bits per heavy atom. The van der Waals surface area contributed by atoms with E-state index in [9.17, 15) is 0 Å². The summed E-state index contributed by atoms with van der Waals surface area (Å²) < 4.78 is 5.26. The van der Waals surface area contributed by atoms with Gasteiger partial charge in [0.05, 0.1) is 7.11 Å². The fourth-order valence-corrected chi connectivity index (χ4v) is 4.56. The summed E-state index contributed by atoms with van der Waals surface area (Å²) in [6.45, 7) is 9.37. The second kappa shape index (κ2) is 13.1. The highest BCUT2D eigenvalue weighted by Gasteiger charge is 2.27. The van der Waals surface area contributed by atoms with Crippen molar-refractivity contribution in [2.45, 2.75) is 32.0 Å². The van der Waals surface area contributed by atoms with Crippen molar-refractivity contribution in [1.82, 2.24) is 14.7 Å². The normalized spacial score (nSPS) is 18.0. The number of piperazine rings is 1. The number of hydrogen-bond acceptors (Lipinski definition) is 6. The SMILES string of the molecule is COc1ccc(CN2CCN(C3CCN(Cc4ccccc4)CC3)CC2)cc1.O=C(O)C(=O)O. The molecule has 0 atom stereocenters. The van der Waals surface area contributed by atoms with Gasteiger partial charge in [0.25, 0.3) is 0 Å². The standard InChI is InChI=1S/C24H33N3O.C2H2O4/c1-28-24-9-7-22(8-10-24)20-26-15-17-27(18-16-26)23-11-13-25(14-12-23)19-21-5-3-2-4-6-21;3-1(4)2(5)6/h2-10,23H,11-20H2,1H3;(H,3,4)(H,5,6). The zero-order valence-corrected chi connectivity index (χ0v) is 19.8. The van der Waals surface area contributed by atoms with E-state index < -0.39 is 11.9 Å². The number of nitrogens with zero attached hydrogens (tertiary/aromatic N) is 3. The molecule has 2 fully saturated rings. The maximum atomic E-state index is 9.10. The number of carboxylic acids is 2. The minimum absolute atomic E-state index is 0.773. The maximum Gasteiger partial charge on any atom is 0.414 e. The molecular formula is C26H35N3O5. The van der Waals surface area contributed by atoms with Crippen LogP contribution in [-0.4, -0.2) is 89.3 Å². The van der Waals surface area contributed by atoms with Crippen LogP contribution in [0.1, 0.15) is 24.0 Å². The lowest BCUT2D eigenvalue weighted by Crippen LogP contribution is -2.52. The first-order valence-corrected chi connectivity index (χ1v) is 11.8. The third kappa shape index (κ3) is 8.13. The highest BCUT2D eigenvalue weighted by Crippen LogP contribution is 2.21. The predicted octanol–water partition coefficient (Wildman–Crippen LogP) is 2.63. The maximum absolute atomic E-state index is 9.10. The number of carboxylic acid groups (broad SMARTS) is 2. The van der Waals surface area contributed by atoms with Gasteiger partial charge in [-0.25, -0.2) is 9.59 Å². The molecule has 0 saturated carbocycles. The highest BCUT2D eigenvalue weighted by molar-refractivity contribution is 6.27. The summed E-state index contributed by atoms with van der Waals surface area (Å²) in [5.74, 6) is -2.71. The van der Waals surface area contributed by atoms with E-state index in [0.717, 1.165) is 24.9 Å². The molecule has 2 aliphatic rings. The van der Waals surface area contributed by atoms with Crippen LogP contribution in [0.15, 0.2) is 54.6 Å². The molecule has 0 radical (unpaired) electrons. The highest BCUT2D eigenvalue weighted by atomic mass is 16.5. The van der Waals surface area contributed by atoms with Crippen molar-refractivity contribution >= 4 is 11.9 Å². The molecule has 2 N–H and O–H groups in total. The number of piperidine rings is 1. The van der Waals surface area contributed by atoms with Crippen LogP contribution in [0.4, 0.5) is 0 Å². The Hall–Kier alpha value is -2.94. The zero-order valence-electron chi connectivity index (χ0n) is 19.8. The molecule has 8 nitrogen and oxygen atoms in total. The molecular weight excluding hydrogens is 434 g/mol. The molecule has 2 aromatic carbocycles. The lowest BCUT2D eigenvalue weighted by Gasteiger charge is -2.42. The van der Waals surface area contributed by atoms with Crippen LogP contribution in [0.3, 0.4) is 0 Å². The molecule has 0 aliphatic carbocycles. The van der Waals surface area contributed by atoms with E-state index in [1.807, 2.05) is 0 Å². The minimum Gasteiger partial charge on any atom is -0.497 e. The van der Waals surface area contributed by atoms with Gasteiger partial charge in [-0.15, -0.1) is 0 Å². The van der Waals surface area contributed by atoms with Crippen LogP contribution >= 0.6 is 0 Å². The first-order chi connectivity index (χ1) is 16.4. The zero-order chi connectivity index (χ0) is 24.3. The number of aliphatic carboxylic acids is 2. The second-order valence-electron chi connectivity index (χ2n) is 8.76. The van der Waals surface area contributed by atoms with Gasteiger partial charge < -0.3 is 14.9 Å². The first kappa shape index (κ1) is 25.7.